The predicted molar refractivity (Wildman–Crippen MR) is 143 cm³/mol. The van der Waals surface area contributed by atoms with Gasteiger partial charge in [-0.25, -0.2) is 9.97 Å². The molecule has 0 unspecified atom stereocenters. The van der Waals surface area contributed by atoms with Gasteiger partial charge in [-0.1, -0.05) is 11.6 Å². The molecule has 3 aromatic heterocycles. The first kappa shape index (κ1) is 23.7. The van der Waals surface area contributed by atoms with Crippen molar-refractivity contribution in [3.8, 4) is 11.1 Å². The summed E-state index contributed by atoms with van der Waals surface area (Å²) in [7, 11) is 0. The van der Waals surface area contributed by atoms with Gasteiger partial charge in [0.25, 0.3) is 0 Å². The van der Waals surface area contributed by atoms with Crippen molar-refractivity contribution in [2.75, 3.05) is 31.5 Å². The molecule has 3 aliphatic rings. The molecule has 2 aliphatic heterocycles. The number of anilines is 1. The summed E-state index contributed by atoms with van der Waals surface area (Å²) in [6, 6.07) is 9.19. The Balaban J connectivity index is 1.00. The molecule has 190 valence electrons. The number of aromatic nitrogens is 3. The highest BCUT2D eigenvalue weighted by Crippen LogP contribution is 2.32. The lowest BCUT2D eigenvalue weighted by atomic mass is 9.89. The van der Waals surface area contributed by atoms with Crippen LogP contribution in [0.2, 0.25) is 5.15 Å². The van der Waals surface area contributed by atoms with Gasteiger partial charge in [-0.3, -0.25) is 9.69 Å². The molecule has 6 rings (SSSR count). The zero-order valence-electron chi connectivity index (χ0n) is 20.5. The van der Waals surface area contributed by atoms with Gasteiger partial charge in [0.05, 0.1) is 5.92 Å². The van der Waals surface area contributed by atoms with Crippen molar-refractivity contribution >= 4 is 34.4 Å². The molecule has 3 aromatic rings. The number of nitrogens with one attached hydrogen (secondary N) is 4. The van der Waals surface area contributed by atoms with Crippen LogP contribution in [-0.4, -0.2) is 70.1 Å². The largest absolute Gasteiger partial charge is 0.367 e. The molecular formula is C27H34ClN7O. The number of fused-ring (bicyclic) bond motifs is 1. The number of halogens is 1. The van der Waals surface area contributed by atoms with E-state index in [1.165, 1.54) is 12.8 Å². The van der Waals surface area contributed by atoms with E-state index in [0.29, 0.717) is 17.2 Å². The molecule has 1 saturated carbocycles. The maximum Gasteiger partial charge on any atom is 0.225 e. The number of hydrogen-bond acceptors (Lipinski definition) is 6. The molecule has 0 atom stereocenters. The van der Waals surface area contributed by atoms with Crippen LogP contribution in [0.3, 0.4) is 0 Å². The number of pyridine rings is 2. The lowest BCUT2D eigenvalue weighted by Crippen LogP contribution is -2.59. The lowest BCUT2D eigenvalue weighted by Gasteiger charge is -2.45. The number of rotatable bonds is 6. The van der Waals surface area contributed by atoms with Crippen molar-refractivity contribution in [3.63, 3.8) is 0 Å². The van der Waals surface area contributed by atoms with E-state index < -0.39 is 0 Å². The highest BCUT2D eigenvalue weighted by Gasteiger charge is 2.37. The number of aromatic amines is 1. The van der Waals surface area contributed by atoms with Crippen molar-refractivity contribution in [3.05, 3.63) is 41.8 Å². The predicted octanol–water partition coefficient (Wildman–Crippen LogP) is 3.80. The first-order valence-corrected chi connectivity index (χ1v) is 13.6. The van der Waals surface area contributed by atoms with Crippen LogP contribution >= 0.6 is 11.6 Å². The molecule has 3 fully saturated rings. The normalized spacial score (nSPS) is 23.9. The molecule has 9 heteroatoms. The molecule has 0 aromatic carbocycles. The Labute approximate surface area is 216 Å². The van der Waals surface area contributed by atoms with Gasteiger partial charge < -0.3 is 20.9 Å². The van der Waals surface area contributed by atoms with Crippen LogP contribution in [-0.2, 0) is 4.79 Å². The lowest BCUT2D eigenvalue weighted by molar-refractivity contribution is -0.132. The monoisotopic (exact) mass is 507 g/mol. The highest BCUT2D eigenvalue weighted by molar-refractivity contribution is 6.29. The van der Waals surface area contributed by atoms with E-state index >= 15 is 0 Å². The van der Waals surface area contributed by atoms with Gasteiger partial charge in [-0.15, -0.1) is 0 Å². The van der Waals surface area contributed by atoms with E-state index in [9.17, 15) is 4.79 Å². The fraction of sp³-hybridized carbons (Fsp3) is 0.519. The average Bonchev–Trinajstić information content (AvgIpc) is 3.29. The van der Waals surface area contributed by atoms with E-state index in [2.05, 4.69) is 47.9 Å². The number of amides is 1. The third-order valence-corrected chi connectivity index (χ3v) is 8.28. The number of carbonyl (C=O) groups excluding carboxylic acids is 1. The number of H-pyrrole nitrogens is 1. The molecule has 1 amide bonds. The summed E-state index contributed by atoms with van der Waals surface area (Å²) in [4.78, 5) is 27.4. The minimum Gasteiger partial charge on any atom is -0.367 e. The van der Waals surface area contributed by atoms with Crippen LogP contribution in [0.1, 0.15) is 38.5 Å². The van der Waals surface area contributed by atoms with Gasteiger partial charge in [0.1, 0.15) is 16.6 Å². The Morgan fingerprint density at radius 1 is 1.06 bits per heavy atom. The average molecular weight is 508 g/mol. The molecule has 2 saturated heterocycles. The van der Waals surface area contributed by atoms with Crippen LogP contribution in [0.5, 0.6) is 0 Å². The fourth-order valence-corrected chi connectivity index (χ4v) is 6.19. The first-order valence-electron chi connectivity index (χ1n) is 13.2. The third-order valence-electron chi connectivity index (χ3n) is 8.09. The summed E-state index contributed by atoms with van der Waals surface area (Å²) in [6.45, 7) is 4.04. The molecule has 0 bridgehead atoms. The Morgan fingerprint density at radius 3 is 2.64 bits per heavy atom. The Morgan fingerprint density at radius 2 is 1.83 bits per heavy atom. The van der Waals surface area contributed by atoms with Crippen LogP contribution in [0.4, 0.5) is 5.82 Å². The molecular weight excluding hydrogens is 474 g/mol. The van der Waals surface area contributed by atoms with Gasteiger partial charge in [-0.2, -0.15) is 0 Å². The summed E-state index contributed by atoms with van der Waals surface area (Å²) in [6.07, 6.45) is 10.1. The van der Waals surface area contributed by atoms with Crippen molar-refractivity contribution in [1.29, 1.82) is 0 Å². The zero-order valence-corrected chi connectivity index (χ0v) is 21.2. The molecule has 0 radical (unpaired) electrons. The molecule has 0 spiro atoms. The number of nitrogens with zero attached hydrogens (tertiary/aromatic N) is 3. The molecule has 5 heterocycles. The molecule has 8 nitrogen and oxygen atoms in total. The van der Waals surface area contributed by atoms with Crippen molar-refractivity contribution in [2.45, 2.75) is 56.7 Å². The van der Waals surface area contributed by atoms with Crippen molar-refractivity contribution < 1.29 is 4.79 Å². The maximum atomic E-state index is 12.8. The summed E-state index contributed by atoms with van der Waals surface area (Å²) >= 11 is 6.39. The SMILES string of the molecule is O=C(N[C@H]1CC[C@H](Nc2cc(-c3c[nH]c4ncccc34)cc(Cl)n2)CC1)C1CN(C2CCNCC2)C1. The standard InChI is InChI=1S/C27H34ClN7O/c28-24-12-17(23-14-31-26-22(23)2-1-9-30-26)13-25(34-24)32-19-3-5-20(6-4-19)33-27(36)18-15-35(16-18)21-7-10-29-11-8-21/h1-2,9,12-14,18-21,29H,3-8,10-11,15-16H2,(H,30,31)(H,32,34)(H,33,36)/t19-,20-. The molecule has 36 heavy (non-hydrogen) atoms. The molecule has 1 aliphatic carbocycles. The second-order valence-corrected chi connectivity index (χ2v) is 10.9. The zero-order chi connectivity index (χ0) is 24.5. The second-order valence-electron chi connectivity index (χ2n) is 10.5. The summed E-state index contributed by atoms with van der Waals surface area (Å²) in [5.41, 5.74) is 2.93. The number of carbonyl (C=O) groups is 1. The Hall–Kier alpha value is -2.68. The van der Waals surface area contributed by atoms with E-state index in [1.807, 2.05) is 18.3 Å². The van der Waals surface area contributed by atoms with Crippen LogP contribution in [0.15, 0.2) is 36.7 Å². The first-order chi connectivity index (χ1) is 17.6. The maximum absolute atomic E-state index is 12.8. The van der Waals surface area contributed by atoms with Crippen LogP contribution in [0, 0.1) is 5.92 Å². The van der Waals surface area contributed by atoms with E-state index in [0.717, 1.165) is 79.8 Å². The Kier molecular flexibility index (Phi) is 6.82. The van der Waals surface area contributed by atoms with Gasteiger partial charge in [0.2, 0.25) is 5.91 Å². The minimum atomic E-state index is 0.157. The van der Waals surface area contributed by atoms with Crippen molar-refractivity contribution in [2.24, 2.45) is 5.92 Å². The quantitative estimate of drug-likeness (QED) is 0.379. The number of likely N-dealkylation sites (tertiary alicyclic amines) is 1. The summed E-state index contributed by atoms with van der Waals surface area (Å²) < 4.78 is 0. The third kappa shape index (κ3) is 5.08. The number of hydrogen-bond donors (Lipinski definition) is 4. The summed E-state index contributed by atoms with van der Waals surface area (Å²) in [5.74, 6) is 1.19. The van der Waals surface area contributed by atoms with Crippen molar-refractivity contribution in [1.82, 2.24) is 30.5 Å². The summed E-state index contributed by atoms with van der Waals surface area (Å²) in [5, 5.41) is 11.9. The van der Waals surface area contributed by atoms with Crippen LogP contribution in [0.25, 0.3) is 22.2 Å². The van der Waals surface area contributed by atoms with Gasteiger partial charge >= 0.3 is 0 Å². The topological polar surface area (TPSA) is 98.0 Å². The van der Waals surface area contributed by atoms with E-state index in [1.54, 1.807) is 6.20 Å². The van der Waals surface area contributed by atoms with E-state index in [4.69, 9.17) is 11.6 Å². The number of piperidine rings is 1. The van der Waals surface area contributed by atoms with Gasteiger partial charge in [0, 0.05) is 54.6 Å². The molecule has 4 N–H and O–H groups in total. The van der Waals surface area contributed by atoms with E-state index in [-0.39, 0.29) is 17.9 Å². The van der Waals surface area contributed by atoms with Crippen LogP contribution < -0.4 is 16.0 Å². The van der Waals surface area contributed by atoms with Gasteiger partial charge in [0.15, 0.2) is 0 Å². The minimum absolute atomic E-state index is 0.157. The Bertz CT molecular complexity index is 1210. The smallest absolute Gasteiger partial charge is 0.225 e. The fourth-order valence-electron chi connectivity index (χ4n) is 5.98. The highest BCUT2D eigenvalue weighted by atomic mass is 35.5. The van der Waals surface area contributed by atoms with Gasteiger partial charge in [-0.05, 0) is 81.4 Å². The second kappa shape index (κ2) is 10.4.